The van der Waals surface area contributed by atoms with Gasteiger partial charge in [-0.25, -0.2) is 4.98 Å². The van der Waals surface area contributed by atoms with Gasteiger partial charge < -0.3 is 5.73 Å². The fraction of sp³-hybridized carbons (Fsp3) is 0.333. The summed E-state index contributed by atoms with van der Waals surface area (Å²) in [6, 6.07) is 0. The molecule has 3 heterocycles. The second kappa shape index (κ2) is 3.78. The summed E-state index contributed by atoms with van der Waals surface area (Å²) in [6.07, 6.45) is 8.00. The van der Waals surface area contributed by atoms with Crippen molar-refractivity contribution in [3.05, 3.63) is 23.9 Å². The first-order chi connectivity index (χ1) is 9.33. The molecule has 1 aliphatic carbocycles. The monoisotopic (exact) mass is 255 g/mol. The molecule has 0 fully saturated rings. The maximum atomic E-state index is 5.76. The number of nitrogen functional groups attached to an aromatic ring is 1. The van der Waals surface area contributed by atoms with Crippen molar-refractivity contribution in [3.63, 3.8) is 0 Å². The van der Waals surface area contributed by atoms with Gasteiger partial charge in [0.05, 0.1) is 17.3 Å². The highest BCUT2D eigenvalue weighted by Crippen LogP contribution is 2.25. The van der Waals surface area contributed by atoms with Gasteiger partial charge >= 0.3 is 0 Å². The SMILES string of the molecule is Nc1nc(-n2cnc3c2CCCC3)c2cn[nH]c2n1. The fourth-order valence-corrected chi connectivity index (χ4v) is 2.67. The Bertz CT molecular complexity index is 755. The first-order valence-electron chi connectivity index (χ1n) is 6.35. The van der Waals surface area contributed by atoms with Gasteiger partial charge in [0, 0.05) is 5.69 Å². The standard InChI is InChI=1S/C12H13N7/c13-12-16-10-7(5-15-18-10)11(17-12)19-6-14-8-3-1-2-4-9(8)19/h5-6H,1-4H2,(H3,13,15,16,17,18). The van der Waals surface area contributed by atoms with Gasteiger partial charge in [-0.2, -0.15) is 15.1 Å². The number of nitrogens with two attached hydrogens (primary N) is 1. The van der Waals surface area contributed by atoms with Gasteiger partial charge in [-0.15, -0.1) is 0 Å². The lowest BCUT2D eigenvalue weighted by Crippen LogP contribution is -2.09. The minimum Gasteiger partial charge on any atom is -0.368 e. The van der Waals surface area contributed by atoms with Gasteiger partial charge in [0.15, 0.2) is 11.5 Å². The fourth-order valence-electron chi connectivity index (χ4n) is 2.67. The third-order valence-corrected chi connectivity index (χ3v) is 3.57. The van der Waals surface area contributed by atoms with Crippen molar-refractivity contribution in [2.24, 2.45) is 0 Å². The van der Waals surface area contributed by atoms with Gasteiger partial charge in [0.2, 0.25) is 5.95 Å². The zero-order chi connectivity index (χ0) is 12.8. The van der Waals surface area contributed by atoms with E-state index in [1.165, 1.54) is 24.2 Å². The average Bonchev–Trinajstić information content (AvgIpc) is 3.03. The largest absolute Gasteiger partial charge is 0.368 e. The molecule has 0 amide bonds. The number of aryl methyl sites for hydroxylation is 1. The number of imidazole rings is 1. The van der Waals surface area contributed by atoms with Crippen LogP contribution in [0.1, 0.15) is 24.2 Å². The lowest BCUT2D eigenvalue weighted by atomic mass is 10.0. The molecule has 0 saturated heterocycles. The van der Waals surface area contributed by atoms with Crippen LogP contribution in [0.5, 0.6) is 0 Å². The average molecular weight is 255 g/mol. The quantitative estimate of drug-likeness (QED) is 0.676. The van der Waals surface area contributed by atoms with E-state index in [1.807, 2.05) is 10.9 Å². The van der Waals surface area contributed by atoms with Crippen LogP contribution in [0.3, 0.4) is 0 Å². The number of rotatable bonds is 1. The van der Waals surface area contributed by atoms with Gasteiger partial charge in [-0.3, -0.25) is 9.67 Å². The molecule has 1 aliphatic rings. The highest BCUT2D eigenvalue weighted by molar-refractivity contribution is 5.82. The maximum Gasteiger partial charge on any atom is 0.224 e. The molecule has 0 aliphatic heterocycles. The summed E-state index contributed by atoms with van der Waals surface area (Å²) in [4.78, 5) is 13.0. The minimum absolute atomic E-state index is 0.241. The molecule has 96 valence electrons. The number of fused-ring (bicyclic) bond motifs is 2. The van der Waals surface area contributed by atoms with Gasteiger partial charge in [0.1, 0.15) is 6.33 Å². The van der Waals surface area contributed by atoms with E-state index >= 15 is 0 Å². The summed E-state index contributed by atoms with van der Waals surface area (Å²) < 4.78 is 2.02. The molecule has 7 heteroatoms. The Morgan fingerprint density at radius 1 is 1.21 bits per heavy atom. The Morgan fingerprint density at radius 2 is 2.11 bits per heavy atom. The Balaban J connectivity index is 1.99. The van der Waals surface area contributed by atoms with Gasteiger partial charge in [0.25, 0.3) is 0 Å². The van der Waals surface area contributed by atoms with Crippen LogP contribution in [0.25, 0.3) is 16.9 Å². The Morgan fingerprint density at radius 3 is 3.05 bits per heavy atom. The second-order valence-corrected chi connectivity index (χ2v) is 4.75. The maximum absolute atomic E-state index is 5.76. The Kier molecular flexibility index (Phi) is 2.08. The van der Waals surface area contributed by atoms with Crippen molar-refractivity contribution < 1.29 is 0 Å². The lowest BCUT2D eigenvalue weighted by molar-refractivity contribution is 0.654. The predicted molar refractivity (Wildman–Crippen MR) is 69.9 cm³/mol. The Hall–Kier alpha value is -2.44. The molecule has 3 aromatic heterocycles. The molecule has 19 heavy (non-hydrogen) atoms. The summed E-state index contributed by atoms with van der Waals surface area (Å²) in [5.41, 5.74) is 8.81. The molecule has 0 atom stereocenters. The molecule has 0 saturated carbocycles. The predicted octanol–water partition coefficient (Wildman–Crippen LogP) is 1.000. The second-order valence-electron chi connectivity index (χ2n) is 4.75. The van der Waals surface area contributed by atoms with E-state index in [0.29, 0.717) is 5.65 Å². The van der Waals surface area contributed by atoms with Crippen molar-refractivity contribution in [2.75, 3.05) is 5.73 Å². The molecule has 3 N–H and O–H groups in total. The zero-order valence-corrected chi connectivity index (χ0v) is 10.3. The number of hydrogen-bond donors (Lipinski definition) is 2. The van der Waals surface area contributed by atoms with Crippen LogP contribution in [0.15, 0.2) is 12.5 Å². The van der Waals surface area contributed by atoms with E-state index in [2.05, 4.69) is 25.1 Å². The number of nitrogens with one attached hydrogen (secondary N) is 1. The molecule has 0 bridgehead atoms. The molecule has 0 radical (unpaired) electrons. The number of hydrogen-bond acceptors (Lipinski definition) is 5. The zero-order valence-electron chi connectivity index (χ0n) is 10.3. The molecule has 7 nitrogen and oxygen atoms in total. The summed E-state index contributed by atoms with van der Waals surface area (Å²) in [5.74, 6) is 0.997. The van der Waals surface area contributed by atoms with E-state index in [4.69, 9.17) is 5.73 Å². The van der Waals surface area contributed by atoms with E-state index in [-0.39, 0.29) is 5.95 Å². The molecular formula is C12H13N7. The highest BCUT2D eigenvalue weighted by atomic mass is 15.2. The lowest BCUT2D eigenvalue weighted by Gasteiger charge is -2.13. The van der Waals surface area contributed by atoms with Crippen molar-refractivity contribution in [2.45, 2.75) is 25.7 Å². The van der Waals surface area contributed by atoms with Crippen molar-refractivity contribution in [3.8, 4) is 5.82 Å². The van der Waals surface area contributed by atoms with E-state index in [1.54, 1.807) is 6.20 Å². The minimum atomic E-state index is 0.241. The normalized spacial score (nSPS) is 14.7. The van der Waals surface area contributed by atoms with Crippen LogP contribution in [-0.2, 0) is 12.8 Å². The third kappa shape index (κ3) is 1.51. The first kappa shape index (κ1) is 10.5. The number of anilines is 1. The summed E-state index contributed by atoms with van der Waals surface area (Å²) in [6.45, 7) is 0. The Labute approximate surface area is 108 Å². The van der Waals surface area contributed by atoms with Crippen LogP contribution in [0.2, 0.25) is 0 Å². The third-order valence-electron chi connectivity index (χ3n) is 3.57. The smallest absolute Gasteiger partial charge is 0.224 e. The van der Waals surface area contributed by atoms with Crippen molar-refractivity contribution in [1.29, 1.82) is 0 Å². The van der Waals surface area contributed by atoms with Crippen LogP contribution in [0.4, 0.5) is 5.95 Å². The van der Waals surface area contributed by atoms with Crippen molar-refractivity contribution in [1.82, 2.24) is 29.7 Å². The summed E-state index contributed by atoms with van der Waals surface area (Å²) in [7, 11) is 0. The number of aromatic amines is 1. The van der Waals surface area contributed by atoms with Crippen LogP contribution in [0, 0.1) is 0 Å². The van der Waals surface area contributed by atoms with Crippen LogP contribution < -0.4 is 5.73 Å². The molecule has 0 unspecified atom stereocenters. The first-order valence-corrected chi connectivity index (χ1v) is 6.35. The van der Waals surface area contributed by atoms with E-state index in [9.17, 15) is 0 Å². The summed E-state index contributed by atoms with van der Waals surface area (Å²) in [5, 5.41) is 7.70. The number of aromatic nitrogens is 6. The number of H-pyrrole nitrogens is 1. The molecular weight excluding hydrogens is 242 g/mol. The van der Waals surface area contributed by atoms with Gasteiger partial charge in [-0.1, -0.05) is 0 Å². The number of nitrogens with zero attached hydrogens (tertiary/aromatic N) is 5. The van der Waals surface area contributed by atoms with E-state index < -0.39 is 0 Å². The molecule has 0 aromatic carbocycles. The van der Waals surface area contributed by atoms with Gasteiger partial charge in [-0.05, 0) is 25.7 Å². The van der Waals surface area contributed by atoms with Crippen LogP contribution >= 0.6 is 0 Å². The topological polar surface area (TPSA) is 98.3 Å². The molecule has 0 spiro atoms. The van der Waals surface area contributed by atoms with Crippen LogP contribution in [-0.4, -0.2) is 29.7 Å². The molecule has 4 rings (SSSR count). The van der Waals surface area contributed by atoms with E-state index in [0.717, 1.165) is 24.0 Å². The highest BCUT2D eigenvalue weighted by Gasteiger charge is 2.19. The molecule has 3 aromatic rings. The van der Waals surface area contributed by atoms with Crippen molar-refractivity contribution >= 4 is 17.0 Å². The summed E-state index contributed by atoms with van der Waals surface area (Å²) >= 11 is 0.